The van der Waals surface area contributed by atoms with Gasteiger partial charge in [0.25, 0.3) is 0 Å². The predicted molar refractivity (Wildman–Crippen MR) is 77.1 cm³/mol. The molecule has 2 aromatic rings. The second-order valence-electron chi connectivity index (χ2n) is 4.28. The summed E-state index contributed by atoms with van der Waals surface area (Å²) in [6.45, 7) is 2.13. The second-order valence-corrected chi connectivity index (χ2v) is 5.17. The first-order valence-electron chi connectivity index (χ1n) is 6.18. The molecule has 0 aliphatic rings. The molecule has 0 radical (unpaired) electrons. The molecule has 110 valence electrons. The van der Waals surface area contributed by atoms with Crippen molar-refractivity contribution in [1.29, 1.82) is 0 Å². The van der Waals surface area contributed by atoms with Crippen LogP contribution in [0, 0.1) is 0 Å². The molecule has 2 rings (SSSR count). The predicted octanol–water partition coefficient (Wildman–Crippen LogP) is 1.80. The monoisotopic (exact) mass is 306 g/mol. The standard InChI is InChI=1S/C13H14N4O3S/c1-8(11-17-10(7-21-11)12(18)19)16-13(20)15-6-9-2-4-14-5-3-9/h2-5,7-8H,6H2,1H3,(H,18,19)(H2,15,16,20). The average Bonchev–Trinajstić information content (AvgIpc) is 2.96. The van der Waals surface area contributed by atoms with Crippen molar-refractivity contribution in [3.63, 3.8) is 0 Å². The number of amides is 2. The normalized spacial score (nSPS) is 11.7. The largest absolute Gasteiger partial charge is 0.476 e. The Labute approximate surface area is 125 Å². The quantitative estimate of drug-likeness (QED) is 0.781. The molecule has 7 nitrogen and oxygen atoms in total. The van der Waals surface area contributed by atoms with Crippen LogP contribution in [0.5, 0.6) is 0 Å². The average molecular weight is 306 g/mol. The molecule has 0 aliphatic heterocycles. The van der Waals surface area contributed by atoms with Gasteiger partial charge in [0.1, 0.15) is 5.01 Å². The fourth-order valence-corrected chi connectivity index (χ4v) is 2.38. The smallest absolute Gasteiger partial charge is 0.355 e. The molecule has 2 amide bonds. The number of rotatable bonds is 5. The Kier molecular flexibility index (Phi) is 4.83. The van der Waals surface area contributed by atoms with Crippen LogP contribution in [0.15, 0.2) is 29.9 Å². The molecule has 0 saturated heterocycles. The molecule has 0 fully saturated rings. The number of pyridine rings is 1. The first-order chi connectivity index (χ1) is 10.1. The van der Waals surface area contributed by atoms with Gasteiger partial charge in [-0.05, 0) is 24.6 Å². The molecule has 8 heteroatoms. The lowest BCUT2D eigenvalue weighted by Gasteiger charge is -2.12. The lowest BCUT2D eigenvalue weighted by Crippen LogP contribution is -2.36. The van der Waals surface area contributed by atoms with Gasteiger partial charge in [-0.2, -0.15) is 0 Å². The summed E-state index contributed by atoms with van der Waals surface area (Å²) in [7, 11) is 0. The molecule has 3 N–H and O–H groups in total. The molecule has 0 saturated carbocycles. The second kappa shape index (κ2) is 6.80. The van der Waals surface area contributed by atoms with E-state index in [2.05, 4.69) is 20.6 Å². The zero-order chi connectivity index (χ0) is 15.2. The zero-order valence-corrected chi connectivity index (χ0v) is 12.1. The fraction of sp³-hybridized carbons (Fsp3) is 0.231. The maximum absolute atomic E-state index is 11.8. The van der Waals surface area contributed by atoms with Gasteiger partial charge in [-0.25, -0.2) is 14.6 Å². The van der Waals surface area contributed by atoms with E-state index in [0.29, 0.717) is 11.6 Å². The number of nitrogens with zero attached hydrogens (tertiary/aromatic N) is 2. The van der Waals surface area contributed by atoms with Crippen LogP contribution in [-0.4, -0.2) is 27.1 Å². The van der Waals surface area contributed by atoms with Crippen molar-refractivity contribution in [2.24, 2.45) is 0 Å². The van der Waals surface area contributed by atoms with Crippen LogP contribution in [0.2, 0.25) is 0 Å². The van der Waals surface area contributed by atoms with Crippen molar-refractivity contribution in [2.75, 3.05) is 0 Å². The lowest BCUT2D eigenvalue weighted by molar-refractivity contribution is 0.0691. The highest BCUT2D eigenvalue weighted by molar-refractivity contribution is 7.09. The summed E-state index contributed by atoms with van der Waals surface area (Å²) in [5, 5.41) is 16.2. The highest BCUT2D eigenvalue weighted by atomic mass is 32.1. The van der Waals surface area contributed by atoms with E-state index in [1.165, 1.54) is 16.7 Å². The van der Waals surface area contributed by atoms with Gasteiger partial charge in [0.2, 0.25) is 0 Å². The molecular weight excluding hydrogens is 292 g/mol. The van der Waals surface area contributed by atoms with Crippen LogP contribution in [0.1, 0.15) is 34.0 Å². The van der Waals surface area contributed by atoms with Crippen molar-refractivity contribution >= 4 is 23.3 Å². The number of carboxylic acids is 1. The number of aromatic carboxylic acids is 1. The summed E-state index contributed by atoms with van der Waals surface area (Å²) >= 11 is 1.20. The maximum Gasteiger partial charge on any atom is 0.355 e. The van der Waals surface area contributed by atoms with Crippen molar-refractivity contribution < 1.29 is 14.7 Å². The van der Waals surface area contributed by atoms with Gasteiger partial charge in [0, 0.05) is 24.3 Å². The Morgan fingerprint density at radius 3 is 2.71 bits per heavy atom. The Balaban J connectivity index is 1.85. The number of thiazole rings is 1. The highest BCUT2D eigenvalue weighted by Gasteiger charge is 2.15. The van der Waals surface area contributed by atoms with Crippen molar-refractivity contribution in [1.82, 2.24) is 20.6 Å². The molecule has 21 heavy (non-hydrogen) atoms. The summed E-state index contributed by atoms with van der Waals surface area (Å²) in [6.07, 6.45) is 3.31. The molecule has 2 heterocycles. The van der Waals surface area contributed by atoms with Gasteiger partial charge in [0.05, 0.1) is 6.04 Å². The zero-order valence-electron chi connectivity index (χ0n) is 11.2. The minimum absolute atomic E-state index is 0.0131. The van der Waals surface area contributed by atoms with Gasteiger partial charge in [-0.1, -0.05) is 0 Å². The van der Waals surface area contributed by atoms with Gasteiger partial charge < -0.3 is 15.7 Å². The molecular formula is C13H14N4O3S. The van der Waals surface area contributed by atoms with E-state index in [0.717, 1.165) is 5.56 Å². The minimum atomic E-state index is -1.08. The van der Waals surface area contributed by atoms with Crippen LogP contribution < -0.4 is 10.6 Å². The number of carbonyl (C=O) groups excluding carboxylic acids is 1. The summed E-state index contributed by atoms with van der Waals surface area (Å²) in [4.78, 5) is 30.4. The molecule has 1 atom stereocenters. The van der Waals surface area contributed by atoms with Gasteiger partial charge >= 0.3 is 12.0 Å². The van der Waals surface area contributed by atoms with E-state index in [-0.39, 0.29) is 17.8 Å². The first-order valence-corrected chi connectivity index (χ1v) is 7.06. The number of hydrogen-bond donors (Lipinski definition) is 3. The third-order valence-electron chi connectivity index (χ3n) is 2.66. The van der Waals surface area contributed by atoms with E-state index in [9.17, 15) is 9.59 Å². The van der Waals surface area contributed by atoms with Crippen LogP contribution >= 0.6 is 11.3 Å². The van der Waals surface area contributed by atoms with E-state index < -0.39 is 5.97 Å². The third-order valence-corrected chi connectivity index (χ3v) is 3.69. The van der Waals surface area contributed by atoms with E-state index in [1.54, 1.807) is 19.3 Å². The van der Waals surface area contributed by atoms with Gasteiger partial charge in [-0.15, -0.1) is 11.3 Å². The Hall–Kier alpha value is -2.48. The number of nitrogens with one attached hydrogen (secondary N) is 2. The van der Waals surface area contributed by atoms with Crippen LogP contribution in [0.3, 0.4) is 0 Å². The van der Waals surface area contributed by atoms with Crippen LogP contribution in [0.4, 0.5) is 4.79 Å². The minimum Gasteiger partial charge on any atom is -0.476 e. The Morgan fingerprint density at radius 1 is 1.38 bits per heavy atom. The van der Waals surface area contributed by atoms with Crippen molar-refractivity contribution in [3.8, 4) is 0 Å². The molecule has 0 aromatic carbocycles. The molecule has 0 spiro atoms. The Morgan fingerprint density at radius 2 is 2.10 bits per heavy atom. The van der Waals surface area contributed by atoms with E-state index in [1.807, 2.05) is 12.1 Å². The number of carboxylic acid groups (broad SMARTS) is 1. The summed E-state index contributed by atoms with van der Waals surface area (Å²) in [5.41, 5.74) is 0.927. The van der Waals surface area contributed by atoms with Crippen molar-refractivity contribution in [3.05, 3.63) is 46.2 Å². The molecule has 0 aliphatic carbocycles. The number of urea groups is 1. The number of hydrogen-bond acceptors (Lipinski definition) is 5. The van der Waals surface area contributed by atoms with E-state index >= 15 is 0 Å². The Bertz CT molecular complexity index is 629. The number of carbonyl (C=O) groups is 2. The first kappa shape index (κ1) is 14.9. The van der Waals surface area contributed by atoms with Crippen LogP contribution in [-0.2, 0) is 6.54 Å². The topological polar surface area (TPSA) is 104 Å². The number of aromatic nitrogens is 2. The molecule has 0 bridgehead atoms. The SMILES string of the molecule is CC(NC(=O)NCc1ccncc1)c1nc(C(=O)O)cs1. The van der Waals surface area contributed by atoms with Gasteiger partial charge in [0.15, 0.2) is 5.69 Å². The lowest BCUT2D eigenvalue weighted by atomic mass is 10.3. The van der Waals surface area contributed by atoms with E-state index in [4.69, 9.17) is 5.11 Å². The highest BCUT2D eigenvalue weighted by Crippen LogP contribution is 2.17. The summed E-state index contributed by atoms with van der Waals surface area (Å²) in [6, 6.07) is 2.92. The summed E-state index contributed by atoms with van der Waals surface area (Å²) < 4.78 is 0. The molecule has 2 aromatic heterocycles. The van der Waals surface area contributed by atoms with Crippen LogP contribution in [0.25, 0.3) is 0 Å². The third kappa shape index (κ3) is 4.25. The molecule has 1 unspecified atom stereocenters. The van der Waals surface area contributed by atoms with Crippen molar-refractivity contribution in [2.45, 2.75) is 19.5 Å². The fourth-order valence-electron chi connectivity index (χ4n) is 1.58. The van der Waals surface area contributed by atoms with Gasteiger partial charge in [-0.3, -0.25) is 4.98 Å². The summed E-state index contributed by atoms with van der Waals surface area (Å²) in [5.74, 6) is -1.08. The maximum atomic E-state index is 11.8.